The summed E-state index contributed by atoms with van der Waals surface area (Å²) in [6, 6.07) is 0. The summed E-state index contributed by atoms with van der Waals surface area (Å²) in [5.41, 5.74) is 5.41. The molecule has 9 nitrogen and oxygen atoms in total. The maximum absolute atomic E-state index is 12.8. The highest BCUT2D eigenvalue weighted by atomic mass is 31.2. The van der Waals surface area contributed by atoms with Gasteiger partial charge in [0.2, 0.25) is 0 Å². The number of hydrogen-bond donors (Lipinski definition) is 2. The van der Waals surface area contributed by atoms with Gasteiger partial charge in [-0.05, 0) is 38.5 Å². The Labute approximate surface area is 549 Å². The molecule has 0 heterocycles. The van der Waals surface area contributed by atoms with E-state index >= 15 is 0 Å². The first-order valence-electron chi connectivity index (χ1n) is 39.7. The number of rotatable bonds is 77. The van der Waals surface area contributed by atoms with Crippen molar-refractivity contribution in [2.75, 3.05) is 26.4 Å². The van der Waals surface area contributed by atoms with Gasteiger partial charge in [-0.3, -0.25) is 18.6 Å². The molecule has 0 aromatic rings. The van der Waals surface area contributed by atoms with Crippen molar-refractivity contribution in [1.29, 1.82) is 0 Å². The van der Waals surface area contributed by atoms with Crippen molar-refractivity contribution in [3.05, 3.63) is 12.2 Å². The molecule has 0 fully saturated rings. The van der Waals surface area contributed by atoms with Gasteiger partial charge in [0.05, 0.1) is 13.2 Å². The average Bonchev–Trinajstić information content (AvgIpc) is 3.52. The number of hydrogen-bond acceptors (Lipinski definition) is 8. The van der Waals surface area contributed by atoms with Gasteiger partial charge >= 0.3 is 19.8 Å². The third kappa shape index (κ3) is 73.8. The van der Waals surface area contributed by atoms with Crippen LogP contribution in [0.5, 0.6) is 0 Å². The number of phosphoric acid groups is 1. The highest BCUT2D eigenvalue weighted by molar-refractivity contribution is 7.47. The second-order valence-electron chi connectivity index (χ2n) is 27.3. The van der Waals surface area contributed by atoms with E-state index in [-0.39, 0.29) is 38.6 Å². The number of esters is 2. The van der Waals surface area contributed by atoms with Crippen molar-refractivity contribution in [1.82, 2.24) is 0 Å². The molecule has 2 atom stereocenters. The zero-order valence-electron chi connectivity index (χ0n) is 59.3. The van der Waals surface area contributed by atoms with Gasteiger partial charge in [0.1, 0.15) is 6.61 Å². The molecule has 0 saturated carbocycles. The van der Waals surface area contributed by atoms with Crippen molar-refractivity contribution < 1.29 is 37.6 Å². The first-order chi connectivity index (χ1) is 43.3. The van der Waals surface area contributed by atoms with E-state index in [4.69, 9.17) is 24.3 Å². The summed E-state index contributed by atoms with van der Waals surface area (Å²) in [6.45, 7) is 3.85. The van der Waals surface area contributed by atoms with Gasteiger partial charge in [-0.25, -0.2) is 4.57 Å². The second kappa shape index (κ2) is 74.8. The number of carbonyl (C=O) groups excluding carboxylic acids is 2. The third-order valence-corrected chi connectivity index (χ3v) is 19.4. The molecule has 0 aliphatic heterocycles. The van der Waals surface area contributed by atoms with Crippen LogP contribution in [0.25, 0.3) is 0 Å². The van der Waals surface area contributed by atoms with E-state index < -0.39 is 26.5 Å². The first kappa shape index (κ1) is 86.8. The molecule has 0 spiro atoms. The fraction of sp³-hybridized carbons (Fsp3) is 0.949. The van der Waals surface area contributed by atoms with Crippen molar-refractivity contribution in [3.8, 4) is 0 Å². The lowest BCUT2D eigenvalue weighted by Gasteiger charge is -2.19. The Morgan fingerprint density at radius 1 is 0.330 bits per heavy atom. The van der Waals surface area contributed by atoms with Crippen LogP contribution in [-0.4, -0.2) is 49.3 Å². The number of nitrogens with two attached hydrogens (primary N) is 1. The third-order valence-electron chi connectivity index (χ3n) is 18.4. The Morgan fingerprint density at radius 3 is 0.807 bits per heavy atom. The van der Waals surface area contributed by atoms with Crippen LogP contribution in [0.2, 0.25) is 0 Å². The minimum absolute atomic E-state index is 0.0583. The van der Waals surface area contributed by atoms with Crippen LogP contribution in [0.3, 0.4) is 0 Å². The van der Waals surface area contributed by atoms with Crippen molar-refractivity contribution in [2.24, 2.45) is 5.73 Å². The quantitative estimate of drug-likeness (QED) is 0.0264. The van der Waals surface area contributed by atoms with Gasteiger partial charge in [-0.2, -0.15) is 0 Å². The Kier molecular flexibility index (Phi) is 73.7. The van der Waals surface area contributed by atoms with Crippen LogP contribution in [0.1, 0.15) is 444 Å². The van der Waals surface area contributed by atoms with Crippen LogP contribution in [0.15, 0.2) is 12.2 Å². The summed E-state index contributed by atoms with van der Waals surface area (Å²) in [7, 11) is -4.39. The Balaban J connectivity index is 3.71. The predicted molar refractivity (Wildman–Crippen MR) is 381 cm³/mol. The molecule has 10 heteroatoms. The average molecular weight is 1270 g/mol. The maximum atomic E-state index is 12.8. The van der Waals surface area contributed by atoms with Crippen molar-refractivity contribution >= 4 is 19.8 Å². The number of unbranched alkanes of at least 4 members (excludes halogenated alkanes) is 62. The zero-order chi connectivity index (χ0) is 63.7. The summed E-state index contributed by atoms with van der Waals surface area (Å²) < 4.78 is 33.3. The Hall–Kier alpha value is -1.25. The van der Waals surface area contributed by atoms with Gasteiger partial charge in [0.25, 0.3) is 0 Å². The Bertz CT molecular complexity index is 1450. The Morgan fingerprint density at radius 2 is 0.557 bits per heavy atom. The van der Waals surface area contributed by atoms with Gasteiger partial charge in [0, 0.05) is 19.4 Å². The molecule has 0 radical (unpaired) electrons. The van der Waals surface area contributed by atoms with Crippen molar-refractivity contribution in [2.45, 2.75) is 450 Å². The van der Waals surface area contributed by atoms with Gasteiger partial charge in [-0.15, -0.1) is 0 Å². The monoisotopic (exact) mass is 1260 g/mol. The summed E-state index contributed by atoms with van der Waals surface area (Å²) in [5.74, 6) is -0.796. The van der Waals surface area contributed by atoms with Crippen LogP contribution < -0.4 is 5.73 Å². The van der Waals surface area contributed by atoms with E-state index in [2.05, 4.69) is 26.0 Å². The maximum Gasteiger partial charge on any atom is 0.472 e. The number of allylic oxidation sites excluding steroid dienone is 2. The molecular weight excluding hydrogens is 1110 g/mol. The molecule has 524 valence electrons. The van der Waals surface area contributed by atoms with Crippen LogP contribution >= 0.6 is 7.82 Å². The molecule has 0 aromatic carbocycles. The van der Waals surface area contributed by atoms with Gasteiger partial charge in [0.15, 0.2) is 6.10 Å². The van der Waals surface area contributed by atoms with Gasteiger partial charge in [-0.1, -0.05) is 405 Å². The summed E-state index contributed by atoms with van der Waals surface area (Å²) in [6.07, 6.45) is 92.2. The molecule has 0 aliphatic rings. The molecule has 0 aliphatic carbocycles. The van der Waals surface area contributed by atoms with Gasteiger partial charge < -0.3 is 20.1 Å². The largest absolute Gasteiger partial charge is 0.472 e. The fourth-order valence-electron chi connectivity index (χ4n) is 12.5. The van der Waals surface area contributed by atoms with E-state index in [1.807, 2.05) is 0 Å². The number of carbonyl (C=O) groups is 2. The van der Waals surface area contributed by atoms with E-state index in [1.54, 1.807) is 0 Å². The van der Waals surface area contributed by atoms with E-state index in [1.165, 1.54) is 379 Å². The van der Waals surface area contributed by atoms with E-state index in [9.17, 15) is 19.0 Å². The molecule has 0 saturated heterocycles. The zero-order valence-corrected chi connectivity index (χ0v) is 60.2. The number of phosphoric ester groups is 1. The molecular formula is C78H154NO8P. The molecule has 0 amide bonds. The first-order valence-corrected chi connectivity index (χ1v) is 41.2. The minimum Gasteiger partial charge on any atom is -0.462 e. The standard InChI is InChI=1S/C78H154NO8P/c1-3-5-7-9-11-13-15-17-19-21-23-25-27-29-31-32-33-34-35-36-37-38-39-40-41-42-43-44-45-47-49-51-53-55-57-59-61-63-65-67-69-71-78(81)87-76(75-86-88(82,83)85-73-72-79)74-84-77(80)70-68-66-64-62-60-58-56-54-52-50-48-46-30-28-26-24-22-20-18-16-14-12-10-8-6-4-2/h21,23,76H,3-20,22,24-75,79H2,1-2H3,(H,82,83)/b23-21-. The van der Waals surface area contributed by atoms with Crippen molar-refractivity contribution in [3.63, 3.8) is 0 Å². The molecule has 3 N–H and O–H groups in total. The summed E-state index contributed by atoms with van der Waals surface area (Å²) in [4.78, 5) is 35.4. The SMILES string of the molecule is CCCCCCCCCC/C=C\CCCCCCCCCCCCCCCCCCCCCCCCCCCCCCCC(=O)OC(COC(=O)CCCCCCCCCCCCCCCCCCCCCCCCCCCC)COP(=O)(O)OCCN. The molecule has 2 unspecified atom stereocenters. The topological polar surface area (TPSA) is 134 Å². The van der Waals surface area contributed by atoms with E-state index in [0.717, 1.165) is 32.1 Å². The lowest BCUT2D eigenvalue weighted by molar-refractivity contribution is -0.161. The second-order valence-corrected chi connectivity index (χ2v) is 28.8. The normalized spacial score (nSPS) is 12.8. The predicted octanol–water partition coefficient (Wildman–Crippen LogP) is 26.3. The molecule has 0 rings (SSSR count). The minimum atomic E-state index is -4.39. The number of ether oxygens (including phenoxy) is 2. The molecule has 0 aromatic heterocycles. The summed E-state index contributed by atoms with van der Waals surface area (Å²) in [5, 5.41) is 0. The lowest BCUT2D eigenvalue weighted by Crippen LogP contribution is -2.29. The molecule has 88 heavy (non-hydrogen) atoms. The van der Waals surface area contributed by atoms with E-state index in [0.29, 0.717) is 6.42 Å². The fourth-order valence-corrected chi connectivity index (χ4v) is 13.3. The lowest BCUT2D eigenvalue weighted by atomic mass is 10.0. The smallest absolute Gasteiger partial charge is 0.462 e. The van der Waals surface area contributed by atoms with Crippen LogP contribution in [-0.2, 0) is 32.7 Å². The van der Waals surface area contributed by atoms with Crippen LogP contribution in [0, 0.1) is 0 Å². The summed E-state index contributed by atoms with van der Waals surface area (Å²) >= 11 is 0. The highest BCUT2D eigenvalue weighted by Crippen LogP contribution is 2.43. The highest BCUT2D eigenvalue weighted by Gasteiger charge is 2.26. The molecule has 0 bridgehead atoms. The van der Waals surface area contributed by atoms with Crippen LogP contribution in [0.4, 0.5) is 0 Å².